The molecule has 0 N–H and O–H groups in total. The van der Waals surface area contributed by atoms with E-state index in [9.17, 15) is 0 Å². The fraction of sp³-hybridized carbons (Fsp3) is 0.0417. The van der Waals surface area contributed by atoms with Crippen LogP contribution in [0.4, 0.5) is 0 Å². The average Bonchev–Trinajstić information content (AvgIpc) is 3.76. The van der Waals surface area contributed by atoms with Crippen LogP contribution in [0.25, 0.3) is 109 Å². The van der Waals surface area contributed by atoms with Crippen LogP contribution in [-0.4, -0.2) is 4.57 Å². The average molecular weight is 636 g/mol. The highest BCUT2D eigenvalue weighted by atomic mass is 16.3. The molecule has 2 nitrogen and oxygen atoms in total. The summed E-state index contributed by atoms with van der Waals surface area (Å²) in [6.07, 6.45) is 6.59. The largest absolute Gasteiger partial charge is 0.455 e. The molecule has 0 spiro atoms. The second kappa shape index (κ2) is 9.62. The standard InChI is InChI=1S/C48H29NO/c1-3-13-32-28(11-1)21-22-30-27-31(24-26-33(30)32)49-45-38-18-8-6-16-36(38)35-15-5-7-17-37(35)42(45)44-43-41-25-23-29-12-2-4-14-34(29)47(41)50-48(43)40-20-10-9-19-39(40)46(44)49/h1-8,10-18,20-27H,9,19H2. The molecule has 0 saturated carbocycles. The van der Waals surface area contributed by atoms with E-state index in [1.54, 1.807) is 0 Å². The molecule has 0 radical (unpaired) electrons. The second-order valence-electron chi connectivity index (χ2n) is 13.9. The van der Waals surface area contributed by atoms with Crippen LogP contribution in [-0.2, 0) is 6.42 Å². The van der Waals surface area contributed by atoms with Gasteiger partial charge in [0.15, 0.2) is 0 Å². The fourth-order valence-corrected chi connectivity index (χ4v) is 9.26. The molecule has 0 unspecified atom stereocenters. The maximum atomic E-state index is 7.07. The predicted molar refractivity (Wildman–Crippen MR) is 213 cm³/mol. The zero-order valence-electron chi connectivity index (χ0n) is 27.2. The van der Waals surface area contributed by atoms with Crippen LogP contribution in [0.3, 0.4) is 0 Å². The maximum Gasteiger partial charge on any atom is 0.143 e. The first kappa shape index (κ1) is 26.6. The highest BCUT2D eigenvalue weighted by molar-refractivity contribution is 6.39. The zero-order chi connectivity index (χ0) is 32.5. The topological polar surface area (TPSA) is 18.1 Å². The first-order chi connectivity index (χ1) is 24.8. The van der Waals surface area contributed by atoms with E-state index < -0.39 is 0 Å². The highest BCUT2D eigenvalue weighted by Gasteiger charge is 2.28. The molecule has 0 aliphatic heterocycles. The van der Waals surface area contributed by atoms with Gasteiger partial charge in [-0.1, -0.05) is 133 Å². The molecule has 0 saturated heterocycles. The lowest BCUT2D eigenvalue weighted by atomic mass is 9.90. The Morgan fingerprint density at radius 2 is 1.06 bits per heavy atom. The number of furan rings is 1. The molecule has 12 rings (SSSR count). The second-order valence-corrected chi connectivity index (χ2v) is 13.9. The molecule has 0 amide bonds. The number of hydrogen-bond acceptors (Lipinski definition) is 1. The minimum Gasteiger partial charge on any atom is -0.455 e. The van der Waals surface area contributed by atoms with Crippen LogP contribution >= 0.6 is 0 Å². The number of nitrogens with zero attached hydrogens (tertiary/aromatic N) is 1. The van der Waals surface area contributed by atoms with Gasteiger partial charge in [-0.05, 0) is 79.7 Å². The summed E-state index contributed by atoms with van der Waals surface area (Å²) in [6, 6.07) is 51.4. The molecule has 50 heavy (non-hydrogen) atoms. The molecule has 1 aliphatic rings. The van der Waals surface area contributed by atoms with Crippen LogP contribution in [0, 0.1) is 0 Å². The lowest BCUT2D eigenvalue weighted by molar-refractivity contribution is 0.670. The summed E-state index contributed by atoms with van der Waals surface area (Å²) in [4.78, 5) is 0. The molecule has 9 aromatic carbocycles. The van der Waals surface area contributed by atoms with Crippen LogP contribution in [0.1, 0.15) is 17.5 Å². The van der Waals surface area contributed by atoms with Crippen molar-refractivity contribution in [2.45, 2.75) is 12.8 Å². The minimum atomic E-state index is 0.959. The lowest BCUT2D eigenvalue weighted by Gasteiger charge is -2.17. The Morgan fingerprint density at radius 1 is 0.440 bits per heavy atom. The Hall–Kier alpha value is -6.38. The number of rotatable bonds is 1. The predicted octanol–water partition coefficient (Wildman–Crippen LogP) is 13.4. The normalized spacial score (nSPS) is 13.4. The number of allylic oxidation sites excluding steroid dienone is 1. The summed E-state index contributed by atoms with van der Waals surface area (Å²) in [5, 5.41) is 17.5. The van der Waals surface area contributed by atoms with E-state index in [-0.39, 0.29) is 0 Å². The fourth-order valence-electron chi connectivity index (χ4n) is 9.26. The third-order valence-corrected chi connectivity index (χ3v) is 11.4. The van der Waals surface area contributed by atoms with E-state index in [1.807, 2.05) is 0 Å². The Morgan fingerprint density at radius 3 is 1.90 bits per heavy atom. The Bertz CT molecular complexity index is 3320. The Kier molecular flexibility index (Phi) is 5.11. The summed E-state index contributed by atoms with van der Waals surface area (Å²) in [5.74, 6) is 0. The molecule has 2 heterocycles. The highest BCUT2D eigenvalue weighted by Crippen LogP contribution is 2.51. The van der Waals surface area contributed by atoms with Crippen molar-refractivity contribution in [1.82, 2.24) is 4.57 Å². The van der Waals surface area contributed by atoms with Crippen LogP contribution in [0.5, 0.6) is 0 Å². The van der Waals surface area contributed by atoms with E-state index in [4.69, 9.17) is 4.42 Å². The maximum absolute atomic E-state index is 7.07. The molecule has 2 aromatic heterocycles. The molecule has 1 aliphatic carbocycles. The quantitative estimate of drug-likeness (QED) is 0.164. The molecule has 2 heteroatoms. The van der Waals surface area contributed by atoms with Crippen molar-refractivity contribution >= 4 is 104 Å². The van der Waals surface area contributed by atoms with E-state index >= 15 is 0 Å². The molecular weight excluding hydrogens is 607 g/mol. The lowest BCUT2D eigenvalue weighted by Crippen LogP contribution is -2.02. The van der Waals surface area contributed by atoms with Gasteiger partial charge in [0.05, 0.1) is 11.0 Å². The van der Waals surface area contributed by atoms with Crippen LogP contribution in [0.15, 0.2) is 150 Å². The monoisotopic (exact) mass is 635 g/mol. The smallest absolute Gasteiger partial charge is 0.143 e. The Labute approximate surface area is 287 Å². The first-order valence-electron chi connectivity index (χ1n) is 17.6. The SMILES string of the molecule is C1=Cc2c(c3c(c4c2oc2c5ccccc5ccc24)c2c4ccccc4c4ccccc4c2n3-c2ccc3c(ccc4ccccc43)c2)CC1. The summed E-state index contributed by atoms with van der Waals surface area (Å²) in [6.45, 7) is 0. The van der Waals surface area contributed by atoms with Crippen molar-refractivity contribution in [2.75, 3.05) is 0 Å². The van der Waals surface area contributed by atoms with Crippen molar-refractivity contribution in [3.8, 4) is 5.69 Å². The first-order valence-corrected chi connectivity index (χ1v) is 17.6. The third-order valence-electron chi connectivity index (χ3n) is 11.4. The number of aryl methyl sites for hydroxylation is 1. The molecule has 0 bridgehead atoms. The van der Waals surface area contributed by atoms with Gasteiger partial charge in [0, 0.05) is 43.6 Å². The van der Waals surface area contributed by atoms with Crippen molar-refractivity contribution < 1.29 is 4.42 Å². The molecule has 11 aromatic rings. The van der Waals surface area contributed by atoms with E-state index in [1.165, 1.54) is 97.9 Å². The van der Waals surface area contributed by atoms with Gasteiger partial charge in [-0.2, -0.15) is 0 Å². The Balaban J connectivity index is 1.38. The summed E-state index contributed by atoms with van der Waals surface area (Å²) >= 11 is 0. The minimum absolute atomic E-state index is 0.959. The van der Waals surface area contributed by atoms with Gasteiger partial charge < -0.3 is 8.98 Å². The van der Waals surface area contributed by atoms with Gasteiger partial charge in [0.2, 0.25) is 0 Å². The van der Waals surface area contributed by atoms with Crippen molar-refractivity contribution in [2.24, 2.45) is 0 Å². The van der Waals surface area contributed by atoms with E-state index in [0.717, 1.165) is 29.4 Å². The van der Waals surface area contributed by atoms with E-state index in [2.05, 4.69) is 156 Å². The van der Waals surface area contributed by atoms with E-state index in [0.29, 0.717) is 0 Å². The third kappa shape index (κ3) is 3.33. The van der Waals surface area contributed by atoms with Gasteiger partial charge in [-0.15, -0.1) is 0 Å². The van der Waals surface area contributed by atoms with Crippen LogP contribution in [0.2, 0.25) is 0 Å². The number of benzene rings is 9. The van der Waals surface area contributed by atoms with Gasteiger partial charge >= 0.3 is 0 Å². The van der Waals surface area contributed by atoms with Gasteiger partial charge in [-0.25, -0.2) is 0 Å². The zero-order valence-corrected chi connectivity index (χ0v) is 27.2. The van der Waals surface area contributed by atoms with Gasteiger partial charge in [0.25, 0.3) is 0 Å². The van der Waals surface area contributed by atoms with Crippen molar-refractivity contribution in [1.29, 1.82) is 0 Å². The molecule has 232 valence electrons. The van der Waals surface area contributed by atoms with Crippen molar-refractivity contribution in [3.63, 3.8) is 0 Å². The van der Waals surface area contributed by atoms with Gasteiger partial charge in [0.1, 0.15) is 11.2 Å². The summed E-state index contributed by atoms with van der Waals surface area (Å²) in [7, 11) is 0. The summed E-state index contributed by atoms with van der Waals surface area (Å²) in [5.41, 5.74) is 8.27. The van der Waals surface area contributed by atoms with Crippen molar-refractivity contribution in [3.05, 3.63) is 157 Å². The van der Waals surface area contributed by atoms with Crippen LogP contribution < -0.4 is 0 Å². The molecular formula is C48H29NO. The molecule has 0 atom stereocenters. The number of aromatic nitrogens is 1. The van der Waals surface area contributed by atoms with Gasteiger partial charge in [-0.3, -0.25) is 0 Å². The number of fused-ring (bicyclic) bond motifs is 20. The summed E-state index contributed by atoms with van der Waals surface area (Å²) < 4.78 is 9.68. The number of hydrogen-bond donors (Lipinski definition) is 0. The molecule has 0 fully saturated rings.